The Bertz CT molecular complexity index is 1470. The summed E-state index contributed by atoms with van der Waals surface area (Å²) in [5.74, 6) is -0.762. The van der Waals surface area contributed by atoms with Crippen LogP contribution in [0, 0.1) is 17.0 Å². The van der Waals surface area contributed by atoms with Gasteiger partial charge in [0.05, 0.1) is 46.6 Å². The number of aliphatic hydroxyl groups excluding tert-OH is 1. The molecule has 9 heteroatoms. The Labute approximate surface area is 212 Å². The van der Waals surface area contributed by atoms with Crippen molar-refractivity contribution in [2.45, 2.75) is 38.0 Å². The molecule has 0 aliphatic heterocycles. The second-order valence-corrected chi connectivity index (χ2v) is 10.1. The number of pyridine rings is 1. The lowest BCUT2D eigenvalue weighted by Crippen LogP contribution is -2.38. The van der Waals surface area contributed by atoms with Crippen molar-refractivity contribution in [2.75, 3.05) is 13.2 Å². The van der Waals surface area contributed by atoms with Gasteiger partial charge in [0, 0.05) is 24.0 Å². The van der Waals surface area contributed by atoms with Gasteiger partial charge in [-0.2, -0.15) is 5.10 Å². The van der Waals surface area contributed by atoms with E-state index in [0.29, 0.717) is 11.6 Å². The molecule has 3 aromatic heterocycles. The molecule has 2 atom stereocenters. The van der Waals surface area contributed by atoms with Gasteiger partial charge in [0.1, 0.15) is 18.2 Å². The zero-order chi connectivity index (χ0) is 25.8. The fourth-order valence-electron chi connectivity index (χ4n) is 6.23. The van der Waals surface area contributed by atoms with Crippen LogP contribution >= 0.6 is 0 Å². The summed E-state index contributed by atoms with van der Waals surface area (Å²) in [7, 11) is 0. The van der Waals surface area contributed by atoms with E-state index in [1.54, 1.807) is 30.7 Å². The second kappa shape index (κ2) is 8.62. The van der Waals surface area contributed by atoms with Crippen molar-refractivity contribution in [3.63, 3.8) is 0 Å². The number of aromatic nitrogens is 5. The summed E-state index contributed by atoms with van der Waals surface area (Å²) in [5, 5.41) is 17.8. The van der Waals surface area contributed by atoms with Crippen molar-refractivity contribution in [2.24, 2.45) is 5.41 Å². The number of ether oxygens (including phenoxy) is 1. The van der Waals surface area contributed by atoms with Crippen molar-refractivity contribution in [3.8, 4) is 28.4 Å². The first kappa shape index (κ1) is 23.5. The summed E-state index contributed by atoms with van der Waals surface area (Å²) in [6.07, 6.45) is 6.86. The number of fused-ring (bicyclic) bond motifs is 5. The van der Waals surface area contributed by atoms with Crippen molar-refractivity contribution >= 4 is 0 Å². The molecule has 3 heterocycles. The van der Waals surface area contributed by atoms with E-state index in [1.807, 2.05) is 6.07 Å². The van der Waals surface area contributed by atoms with E-state index in [1.165, 1.54) is 18.2 Å². The number of rotatable bonds is 6. The summed E-state index contributed by atoms with van der Waals surface area (Å²) < 4.78 is 34.4. The van der Waals surface area contributed by atoms with Crippen LogP contribution < -0.4 is 4.74 Å². The lowest BCUT2D eigenvalue weighted by molar-refractivity contribution is 0.196. The highest BCUT2D eigenvalue weighted by molar-refractivity contribution is 5.64. The number of hydrogen-bond donors (Lipinski definition) is 1. The molecule has 1 N–H and O–H groups in total. The van der Waals surface area contributed by atoms with E-state index in [0.717, 1.165) is 35.4 Å². The SMILES string of the molecule is CC1(C)[C@H]2CC[C@]1(c1cncc(-c3ccc(OCCO)nc3)n1)c1nnc(-c3c(F)cccc3F)cc12. The van der Waals surface area contributed by atoms with Gasteiger partial charge in [-0.15, -0.1) is 5.10 Å². The Kier molecular flexibility index (Phi) is 5.49. The molecule has 6 rings (SSSR count). The third-order valence-electron chi connectivity index (χ3n) is 8.05. The number of nitrogens with zero attached hydrogens (tertiary/aromatic N) is 5. The van der Waals surface area contributed by atoms with Crippen LogP contribution in [0.5, 0.6) is 5.88 Å². The van der Waals surface area contributed by atoms with E-state index in [2.05, 4.69) is 34.0 Å². The Morgan fingerprint density at radius 3 is 2.57 bits per heavy atom. The van der Waals surface area contributed by atoms with Crippen LogP contribution in [-0.4, -0.2) is 43.5 Å². The average Bonchev–Trinajstić information content (AvgIpc) is 3.28. The predicted molar refractivity (Wildman–Crippen MR) is 132 cm³/mol. The van der Waals surface area contributed by atoms with Gasteiger partial charge in [-0.1, -0.05) is 19.9 Å². The molecule has 4 aromatic rings. The molecule has 188 valence electrons. The molecule has 1 saturated carbocycles. The molecule has 1 aromatic carbocycles. The fourth-order valence-corrected chi connectivity index (χ4v) is 6.23. The van der Waals surface area contributed by atoms with Gasteiger partial charge < -0.3 is 9.84 Å². The van der Waals surface area contributed by atoms with Gasteiger partial charge in [0.2, 0.25) is 5.88 Å². The van der Waals surface area contributed by atoms with Crippen LogP contribution in [0.15, 0.2) is 55.0 Å². The molecule has 7 nitrogen and oxygen atoms in total. The molecule has 2 aliphatic carbocycles. The molecule has 37 heavy (non-hydrogen) atoms. The van der Waals surface area contributed by atoms with Gasteiger partial charge in [-0.3, -0.25) is 4.98 Å². The summed E-state index contributed by atoms with van der Waals surface area (Å²) in [4.78, 5) is 13.8. The lowest BCUT2D eigenvalue weighted by atomic mass is 9.66. The highest BCUT2D eigenvalue weighted by atomic mass is 19.1. The third kappa shape index (κ3) is 3.44. The van der Waals surface area contributed by atoms with Crippen LogP contribution in [0.3, 0.4) is 0 Å². The largest absolute Gasteiger partial charge is 0.475 e. The quantitative estimate of drug-likeness (QED) is 0.404. The first-order valence-electron chi connectivity index (χ1n) is 12.2. The molecule has 0 saturated heterocycles. The highest BCUT2D eigenvalue weighted by Gasteiger charge is 2.65. The molecule has 0 unspecified atom stereocenters. The Hall–Kier alpha value is -3.85. The standard InChI is InChI=1S/C28H25F2N5O2/c1-27(2)18-8-9-28(27,26-17(18)12-21(34-35-26)25-19(29)4-3-5-20(25)30)23-15-31-14-22(33-23)16-6-7-24(32-13-16)37-11-10-36/h3-7,12-15,18,36H,8-11H2,1-2H3/t18-,28-/m0/s1. The predicted octanol–water partition coefficient (Wildman–Crippen LogP) is 4.85. The van der Waals surface area contributed by atoms with Gasteiger partial charge in [-0.05, 0) is 54.0 Å². The van der Waals surface area contributed by atoms with Gasteiger partial charge >= 0.3 is 0 Å². The maximum Gasteiger partial charge on any atom is 0.213 e. The third-order valence-corrected chi connectivity index (χ3v) is 8.05. The number of hydrogen-bond acceptors (Lipinski definition) is 7. The van der Waals surface area contributed by atoms with Gasteiger partial charge in [-0.25, -0.2) is 18.7 Å². The Morgan fingerprint density at radius 2 is 1.84 bits per heavy atom. The summed E-state index contributed by atoms with van der Waals surface area (Å²) >= 11 is 0. The second-order valence-electron chi connectivity index (χ2n) is 10.1. The van der Waals surface area contributed by atoms with Crippen molar-refractivity contribution in [1.29, 1.82) is 0 Å². The molecule has 0 amide bonds. The maximum atomic E-state index is 14.5. The van der Waals surface area contributed by atoms with E-state index >= 15 is 0 Å². The van der Waals surface area contributed by atoms with Crippen molar-refractivity contribution in [1.82, 2.24) is 25.1 Å². The van der Waals surface area contributed by atoms with Gasteiger partial charge in [0.25, 0.3) is 0 Å². The smallest absolute Gasteiger partial charge is 0.213 e. The molecule has 2 aliphatic rings. The fraction of sp³-hybridized carbons (Fsp3) is 0.321. The minimum absolute atomic E-state index is 0.0864. The van der Waals surface area contributed by atoms with Crippen molar-refractivity contribution in [3.05, 3.63) is 83.6 Å². The molecule has 0 radical (unpaired) electrons. The number of halogens is 2. The van der Waals surface area contributed by atoms with E-state index in [9.17, 15) is 8.78 Å². The first-order valence-corrected chi connectivity index (χ1v) is 12.2. The molecule has 0 spiro atoms. The Balaban J connectivity index is 1.43. The summed E-state index contributed by atoms with van der Waals surface area (Å²) in [6, 6.07) is 9.17. The Morgan fingerprint density at radius 1 is 1.03 bits per heavy atom. The normalized spacial score (nSPS) is 21.2. The molecule has 1 fully saturated rings. The minimum atomic E-state index is -0.661. The van der Waals surface area contributed by atoms with E-state index in [-0.39, 0.29) is 35.8 Å². The monoisotopic (exact) mass is 501 g/mol. The topological polar surface area (TPSA) is 93.9 Å². The average molecular weight is 502 g/mol. The summed E-state index contributed by atoms with van der Waals surface area (Å²) in [5.41, 5.74) is 3.24. The number of benzene rings is 1. The minimum Gasteiger partial charge on any atom is -0.475 e. The zero-order valence-electron chi connectivity index (χ0n) is 20.4. The van der Waals surface area contributed by atoms with Crippen molar-refractivity contribution < 1.29 is 18.6 Å². The first-order chi connectivity index (χ1) is 17.9. The lowest BCUT2D eigenvalue weighted by Gasteiger charge is -2.37. The zero-order valence-corrected chi connectivity index (χ0v) is 20.4. The molecular formula is C28H25F2N5O2. The highest BCUT2D eigenvalue weighted by Crippen LogP contribution is 2.69. The van der Waals surface area contributed by atoms with Crippen LogP contribution in [0.2, 0.25) is 0 Å². The summed E-state index contributed by atoms with van der Waals surface area (Å²) in [6.45, 7) is 4.47. The molecule has 2 bridgehead atoms. The maximum absolute atomic E-state index is 14.5. The van der Waals surface area contributed by atoms with Crippen LogP contribution in [-0.2, 0) is 5.41 Å². The van der Waals surface area contributed by atoms with E-state index in [4.69, 9.17) is 14.8 Å². The number of aliphatic hydroxyl groups is 1. The van der Waals surface area contributed by atoms with E-state index < -0.39 is 17.0 Å². The van der Waals surface area contributed by atoms with Crippen LogP contribution in [0.25, 0.3) is 22.5 Å². The van der Waals surface area contributed by atoms with Crippen LogP contribution in [0.1, 0.15) is 49.6 Å². The van der Waals surface area contributed by atoms with Gasteiger partial charge in [0.15, 0.2) is 0 Å². The molecular weight excluding hydrogens is 476 g/mol. The van der Waals surface area contributed by atoms with Crippen LogP contribution in [0.4, 0.5) is 8.78 Å².